The predicted molar refractivity (Wildman–Crippen MR) is 208 cm³/mol. The molecule has 0 radical (unpaired) electrons. The van der Waals surface area contributed by atoms with Crippen molar-refractivity contribution in [3.63, 3.8) is 0 Å². The van der Waals surface area contributed by atoms with Crippen molar-refractivity contribution >= 4 is 28.4 Å². The van der Waals surface area contributed by atoms with E-state index < -0.39 is 32.9 Å². The molecule has 4 aromatic rings. The van der Waals surface area contributed by atoms with Crippen LogP contribution in [-0.4, -0.2) is 65.3 Å². The van der Waals surface area contributed by atoms with Crippen molar-refractivity contribution < 1.29 is 64.2 Å². The van der Waals surface area contributed by atoms with E-state index in [1.165, 1.54) is 51.7 Å². The molecule has 0 aliphatic rings. The first-order chi connectivity index (χ1) is 28.1. The number of esters is 1. The monoisotopic (exact) mass is 850 g/mol. The van der Waals surface area contributed by atoms with Gasteiger partial charge in [-0.3, -0.25) is 4.79 Å². The summed E-state index contributed by atoms with van der Waals surface area (Å²) in [6, 6.07) is 24.8. The average Bonchev–Trinajstić information content (AvgIpc) is 3.22. The van der Waals surface area contributed by atoms with Crippen molar-refractivity contribution in [2.75, 3.05) is 28.4 Å². The number of ether oxygens (including phenoxy) is 5. The summed E-state index contributed by atoms with van der Waals surface area (Å²) in [6.07, 6.45) is 3.64. The van der Waals surface area contributed by atoms with E-state index in [4.69, 9.17) is 45.1 Å². The molecule has 314 valence electrons. The van der Waals surface area contributed by atoms with Gasteiger partial charge in [0.1, 0.15) is 17.1 Å². The predicted octanol–water partition coefficient (Wildman–Crippen LogP) is 7.37. The van der Waals surface area contributed by atoms with Crippen LogP contribution in [0.2, 0.25) is 0 Å². The molecule has 0 bridgehead atoms. The highest BCUT2D eigenvalue weighted by molar-refractivity contribution is 7.88. The number of phenols is 1. The van der Waals surface area contributed by atoms with Gasteiger partial charge in [-0.1, -0.05) is 0 Å². The Morgan fingerprint density at radius 2 is 1.03 bits per heavy atom. The van der Waals surface area contributed by atoms with E-state index in [1.54, 1.807) is 63.2 Å². The summed E-state index contributed by atoms with van der Waals surface area (Å²) in [5, 5.41) is 43.4. The van der Waals surface area contributed by atoms with E-state index >= 15 is 0 Å². The zero-order chi connectivity index (χ0) is 45.7. The highest BCUT2D eigenvalue weighted by atomic mass is 32.2. The Balaban J connectivity index is 0.000000410. The molecule has 0 heterocycles. The van der Waals surface area contributed by atoms with Crippen molar-refractivity contribution in [1.82, 2.24) is 0 Å². The first kappa shape index (κ1) is 50.3. The van der Waals surface area contributed by atoms with Crippen molar-refractivity contribution in [1.29, 1.82) is 21.0 Å². The van der Waals surface area contributed by atoms with Gasteiger partial charge in [0.15, 0.2) is 29.3 Å². The number of alkyl halides is 3. The third kappa shape index (κ3) is 16.4. The zero-order valence-electron chi connectivity index (χ0n) is 33.0. The number of carbonyl (C=O) groups is 2. The second-order valence-corrected chi connectivity index (χ2v) is 13.6. The SMILES string of the molecule is COc1cc(C#N)ccc1/C=C/C(=O)OC(C)(C)C.COc1cc(C#N)ccc1C=O.COc1cc(C#N)ccc1O.COc1cc(C#N)ccc1OS(=O)(=O)C(F)(F)F. The smallest absolute Gasteiger partial charge is 0.504 e. The fourth-order valence-corrected chi connectivity index (χ4v) is 4.48. The van der Waals surface area contributed by atoms with Gasteiger partial charge in [-0.05, 0) is 87.5 Å². The van der Waals surface area contributed by atoms with E-state index in [0.717, 1.165) is 25.3 Å². The molecule has 0 fully saturated rings. The summed E-state index contributed by atoms with van der Waals surface area (Å²) in [5.41, 5.74) is -3.34. The lowest BCUT2D eigenvalue weighted by Gasteiger charge is -2.17. The van der Waals surface area contributed by atoms with Crippen LogP contribution in [0, 0.1) is 45.3 Å². The van der Waals surface area contributed by atoms with Crippen LogP contribution < -0.4 is 23.1 Å². The Labute approximate surface area is 344 Å². The summed E-state index contributed by atoms with van der Waals surface area (Å²) in [4.78, 5) is 22.0. The van der Waals surface area contributed by atoms with E-state index in [1.807, 2.05) is 18.2 Å². The van der Waals surface area contributed by atoms with Crippen LogP contribution >= 0.6 is 0 Å². The maximum Gasteiger partial charge on any atom is 0.534 e. The third-order valence-corrected chi connectivity index (χ3v) is 7.71. The molecular formula is C41H37F3N4O11S. The molecular weight excluding hydrogens is 814 g/mol. The number of hydrogen-bond donors (Lipinski definition) is 1. The zero-order valence-corrected chi connectivity index (χ0v) is 33.8. The average molecular weight is 851 g/mol. The van der Waals surface area contributed by atoms with E-state index in [2.05, 4.69) is 8.92 Å². The van der Waals surface area contributed by atoms with Gasteiger partial charge < -0.3 is 33.0 Å². The van der Waals surface area contributed by atoms with Gasteiger partial charge in [0.05, 0.1) is 80.5 Å². The minimum Gasteiger partial charge on any atom is -0.504 e. The second-order valence-electron chi connectivity index (χ2n) is 12.1. The quantitative estimate of drug-likeness (QED) is 0.0568. The Kier molecular flexibility index (Phi) is 19.7. The lowest BCUT2D eigenvalue weighted by atomic mass is 10.1. The normalized spacial score (nSPS) is 10.4. The number of methoxy groups -OCH3 is 4. The molecule has 4 rings (SSSR count). The van der Waals surface area contributed by atoms with E-state index in [0.29, 0.717) is 51.4 Å². The number of halogens is 3. The van der Waals surface area contributed by atoms with Gasteiger partial charge in [0.2, 0.25) is 0 Å². The number of hydrogen-bond acceptors (Lipinski definition) is 15. The first-order valence-corrected chi connectivity index (χ1v) is 18.0. The van der Waals surface area contributed by atoms with Gasteiger partial charge in [-0.2, -0.15) is 42.6 Å². The van der Waals surface area contributed by atoms with Crippen LogP contribution in [0.4, 0.5) is 13.2 Å². The third-order valence-electron chi connectivity index (χ3n) is 6.74. The standard InChI is InChI=1S/C15H17NO3.C9H6F3NO4S.C9H7NO2.C8H7NO2/c1-15(2,3)19-14(17)8-7-12-6-5-11(10-16)9-13(12)18-4;1-16-8-4-6(5-13)2-3-7(8)17-18(14,15)9(10,11)12;1-12-9-4-7(5-10)2-3-8(9)6-11;1-11-8-4-6(5-9)2-3-7(8)10/h5-9H,1-4H3;2-4H,1H3;2-4,6H,1H3;2-4,10H,1H3/b8-7+;;;. The fourth-order valence-electron chi connectivity index (χ4n) is 4.01. The number of nitrogens with zero attached hydrogens (tertiary/aromatic N) is 4. The van der Waals surface area contributed by atoms with Crippen LogP contribution in [0.5, 0.6) is 34.5 Å². The molecule has 0 atom stereocenters. The molecule has 0 amide bonds. The van der Waals surface area contributed by atoms with Gasteiger partial charge >= 0.3 is 21.6 Å². The van der Waals surface area contributed by atoms with Gasteiger partial charge in [0.25, 0.3) is 0 Å². The van der Waals surface area contributed by atoms with Gasteiger partial charge in [-0.25, -0.2) is 4.79 Å². The molecule has 1 N–H and O–H groups in total. The maximum atomic E-state index is 12.1. The summed E-state index contributed by atoms with van der Waals surface area (Å²) in [6.45, 7) is 5.42. The molecule has 0 aliphatic heterocycles. The molecule has 0 saturated carbocycles. The topological polar surface area (TPSA) is 239 Å². The van der Waals surface area contributed by atoms with Crippen LogP contribution in [0.1, 0.15) is 58.9 Å². The Bertz CT molecular complexity index is 2440. The summed E-state index contributed by atoms with van der Waals surface area (Å²) in [5.74, 6) is -0.00642. The van der Waals surface area contributed by atoms with Crippen molar-refractivity contribution in [2.45, 2.75) is 31.9 Å². The number of rotatable bonds is 9. The highest BCUT2D eigenvalue weighted by Crippen LogP contribution is 2.33. The van der Waals surface area contributed by atoms with Crippen LogP contribution in [0.15, 0.2) is 78.9 Å². The van der Waals surface area contributed by atoms with E-state index in [9.17, 15) is 31.2 Å². The van der Waals surface area contributed by atoms with Crippen LogP contribution in [0.25, 0.3) is 6.08 Å². The van der Waals surface area contributed by atoms with Crippen LogP contribution in [-0.2, 0) is 19.6 Å². The van der Waals surface area contributed by atoms with Crippen molar-refractivity contribution in [3.8, 4) is 58.8 Å². The number of phenolic OH excluding ortho intramolecular Hbond substituents is 1. The van der Waals surface area contributed by atoms with Gasteiger partial charge in [-0.15, -0.1) is 0 Å². The Morgan fingerprint density at radius 3 is 1.45 bits per heavy atom. The molecule has 19 heteroatoms. The molecule has 0 unspecified atom stereocenters. The molecule has 0 aliphatic carbocycles. The number of aldehydes is 1. The largest absolute Gasteiger partial charge is 0.534 e. The number of aromatic hydroxyl groups is 1. The number of benzene rings is 4. The van der Waals surface area contributed by atoms with E-state index in [-0.39, 0.29) is 17.1 Å². The minimum absolute atomic E-state index is 0.0477. The number of nitriles is 4. The number of carbonyl (C=O) groups excluding carboxylic acids is 2. The second kappa shape index (κ2) is 23.5. The lowest BCUT2D eigenvalue weighted by molar-refractivity contribution is -0.148. The molecule has 4 aromatic carbocycles. The van der Waals surface area contributed by atoms with Gasteiger partial charge in [0, 0.05) is 23.8 Å². The fraction of sp³-hybridized carbons (Fsp3) is 0.220. The molecule has 0 saturated heterocycles. The summed E-state index contributed by atoms with van der Waals surface area (Å²) >= 11 is 0. The molecule has 60 heavy (non-hydrogen) atoms. The maximum absolute atomic E-state index is 12.1. The minimum atomic E-state index is -5.77. The van der Waals surface area contributed by atoms with Crippen LogP contribution in [0.3, 0.4) is 0 Å². The molecule has 15 nitrogen and oxygen atoms in total. The molecule has 0 spiro atoms. The summed E-state index contributed by atoms with van der Waals surface area (Å²) in [7, 11) is -0.247. The van der Waals surface area contributed by atoms with Crippen molar-refractivity contribution in [3.05, 3.63) is 112 Å². The Morgan fingerprint density at radius 1 is 0.633 bits per heavy atom. The summed E-state index contributed by atoms with van der Waals surface area (Å²) < 4.78 is 86.4. The first-order valence-electron chi connectivity index (χ1n) is 16.5. The highest BCUT2D eigenvalue weighted by Gasteiger charge is 2.49. The van der Waals surface area contributed by atoms with Crippen molar-refractivity contribution in [2.24, 2.45) is 0 Å². The lowest BCUT2D eigenvalue weighted by Crippen LogP contribution is -2.28. The Hall–Kier alpha value is -7.74. The molecule has 0 aromatic heterocycles.